The molecule has 0 aliphatic rings. The third-order valence-corrected chi connectivity index (χ3v) is 3.96. The maximum absolute atomic E-state index is 11.5. The second-order valence-electron chi connectivity index (χ2n) is 5.97. The molecule has 1 N–H and O–H groups in total. The highest BCUT2D eigenvalue weighted by Crippen LogP contribution is 2.14. The smallest absolute Gasteiger partial charge is 0.305 e. The Labute approximate surface area is 143 Å². The van der Waals surface area contributed by atoms with Crippen molar-refractivity contribution in [1.29, 1.82) is 0 Å². The summed E-state index contributed by atoms with van der Waals surface area (Å²) in [4.78, 5) is 13.8. The van der Waals surface area contributed by atoms with Gasteiger partial charge in [-0.2, -0.15) is 0 Å². The van der Waals surface area contributed by atoms with Crippen molar-refractivity contribution in [2.24, 2.45) is 5.92 Å². The first-order valence-corrected chi connectivity index (χ1v) is 8.19. The van der Waals surface area contributed by atoms with Gasteiger partial charge in [-0.25, -0.2) is 0 Å². The predicted molar refractivity (Wildman–Crippen MR) is 94.2 cm³/mol. The van der Waals surface area contributed by atoms with E-state index < -0.39 is 0 Å². The first-order chi connectivity index (χ1) is 11.7. The van der Waals surface area contributed by atoms with Crippen LogP contribution in [0, 0.1) is 5.92 Å². The molecule has 1 atom stereocenters. The first kappa shape index (κ1) is 18.2. The highest BCUT2D eigenvalue weighted by molar-refractivity contribution is 5.69. The average Bonchev–Trinajstić information content (AvgIpc) is 2.62. The minimum absolute atomic E-state index is 0.0326. The molecule has 24 heavy (non-hydrogen) atoms. The summed E-state index contributed by atoms with van der Waals surface area (Å²) in [6.45, 7) is 2.14. The van der Waals surface area contributed by atoms with Crippen LogP contribution in [0.1, 0.15) is 17.5 Å². The zero-order valence-electron chi connectivity index (χ0n) is 14.1. The van der Waals surface area contributed by atoms with Crippen LogP contribution in [-0.4, -0.2) is 36.2 Å². The predicted octanol–water partition coefficient (Wildman–Crippen LogP) is 2.86. The Morgan fingerprint density at radius 1 is 1.00 bits per heavy atom. The van der Waals surface area contributed by atoms with E-state index in [1.807, 2.05) is 36.4 Å². The number of methoxy groups -OCH3 is 1. The molecule has 2 rings (SSSR count). The summed E-state index contributed by atoms with van der Waals surface area (Å²) in [5.74, 6) is -0.418. The van der Waals surface area contributed by atoms with Gasteiger partial charge in [0.05, 0.1) is 13.5 Å². The minimum atomic E-state index is -0.284. The van der Waals surface area contributed by atoms with Crippen LogP contribution in [0.15, 0.2) is 60.7 Å². The number of hydrogen-bond acceptors (Lipinski definition) is 4. The molecule has 4 nitrogen and oxygen atoms in total. The van der Waals surface area contributed by atoms with Crippen LogP contribution in [0.3, 0.4) is 0 Å². The number of benzene rings is 2. The highest BCUT2D eigenvalue weighted by Gasteiger charge is 2.18. The van der Waals surface area contributed by atoms with E-state index in [1.165, 1.54) is 18.2 Å². The Bertz CT molecular complexity index is 559. The lowest BCUT2D eigenvalue weighted by Crippen LogP contribution is -2.32. The zero-order valence-corrected chi connectivity index (χ0v) is 14.1. The van der Waals surface area contributed by atoms with E-state index in [-0.39, 0.29) is 24.9 Å². The number of ether oxygens (including phenoxy) is 1. The van der Waals surface area contributed by atoms with Gasteiger partial charge < -0.3 is 9.84 Å². The molecule has 0 aliphatic carbocycles. The number of rotatable bonds is 9. The van der Waals surface area contributed by atoms with E-state index in [0.717, 1.165) is 13.1 Å². The Hall–Kier alpha value is -2.17. The fourth-order valence-electron chi connectivity index (χ4n) is 2.74. The highest BCUT2D eigenvalue weighted by atomic mass is 16.5. The average molecular weight is 327 g/mol. The molecule has 0 bridgehead atoms. The van der Waals surface area contributed by atoms with Crippen LogP contribution >= 0.6 is 0 Å². The van der Waals surface area contributed by atoms with Gasteiger partial charge >= 0.3 is 5.97 Å². The molecular formula is C20H25NO3. The van der Waals surface area contributed by atoms with Gasteiger partial charge in [-0.1, -0.05) is 60.7 Å². The minimum Gasteiger partial charge on any atom is -0.469 e. The van der Waals surface area contributed by atoms with Crippen molar-refractivity contribution in [3.63, 3.8) is 0 Å². The largest absolute Gasteiger partial charge is 0.469 e. The van der Waals surface area contributed by atoms with Gasteiger partial charge in [0.15, 0.2) is 0 Å². The fourth-order valence-corrected chi connectivity index (χ4v) is 2.74. The molecule has 0 heterocycles. The summed E-state index contributed by atoms with van der Waals surface area (Å²) in [6, 6.07) is 20.4. The Morgan fingerprint density at radius 3 is 1.92 bits per heavy atom. The van der Waals surface area contributed by atoms with Crippen molar-refractivity contribution in [1.82, 2.24) is 4.90 Å². The number of esters is 1. The second-order valence-corrected chi connectivity index (χ2v) is 5.97. The van der Waals surface area contributed by atoms with Crippen molar-refractivity contribution in [3.05, 3.63) is 71.8 Å². The summed E-state index contributed by atoms with van der Waals surface area (Å²) in [5.41, 5.74) is 2.42. The SMILES string of the molecule is COC(=O)C[C@H](CO)CN(Cc1ccccc1)Cc1ccccc1. The van der Waals surface area contributed by atoms with E-state index in [9.17, 15) is 9.90 Å². The van der Waals surface area contributed by atoms with E-state index in [0.29, 0.717) is 6.54 Å². The van der Waals surface area contributed by atoms with Crippen LogP contribution in [0.25, 0.3) is 0 Å². The Balaban J connectivity index is 2.07. The lowest BCUT2D eigenvalue weighted by molar-refractivity contribution is -0.142. The third-order valence-electron chi connectivity index (χ3n) is 3.96. The number of aliphatic hydroxyl groups excluding tert-OH is 1. The van der Waals surface area contributed by atoms with Gasteiger partial charge in [-0.3, -0.25) is 9.69 Å². The molecule has 0 saturated carbocycles. The molecule has 0 radical (unpaired) electrons. The molecule has 2 aromatic rings. The maximum atomic E-state index is 11.5. The van der Waals surface area contributed by atoms with E-state index in [2.05, 4.69) is 29.2 Å². The van der Waals surface area contributed by atoms with Gasteiger partial charge in [0, 0.05) is 32.2 Å². The molecule has 0 aromatic heterocycles. The van der Waals surface area contributed by atoms with E-state index in [1.54, 1.807) is 0 Å². The van der Waals surface area contributed by atoms with Gasteiger partial charge in [-0.15, -0.1) is 0 Å². The summed E-state index contributed by atoms with van der Waals surface area (Å²) in [7, 11) is 1.38. The van der Waals surface area contributed by atoms with Crippen LogP contribution in [0.2, 0.25) is 0 Å². The molecule has 0 saturated heterocycles. The lowest BCUT2D eigenvalue weighted by Gasteiger charge is -2.26. The van der Waals surface area contributed by atoms with Crippen LogP contribution < -0.4 is 0 Å². The summed E-state index contributed by atoms with van der Waals surface area (Å²) in [5, 5.41) is 9.62. The molecule has 0 amide bonds. The molecule has 0 unspecified atom stereocenters. The third kappa shape index (κ3) is 6.14. The summed E-state index contributed by atoms with van der Waals surface area (Å²) >= 11 is 0. The molecule has 128 valence electrons. The number of aliphatic hydroxyl groups is 1. The molecular weight excluding hydrogens is 302 g/mol. The van der Waals surface area contributed by atoms with Crippen LogP contribution in [-0.2, 0) is 22.6 Å². The molecule has 4 heteroatoms. The summed E-state index contributed by atoms with van der Waals surface area (Å²) < 4.78 is 4.73. The van der Waals surface area contributed by atoms with Crippen molar-refractivity contribution in [2.45, 2.75) is 19.5 Å². The molecule has 0 spiro atoms. The van der Waals surface area contributed by atoms with Crippen molar-refractivity contribution >= 4 is 5.97 Å². The number of carbonyl (C=O) groups excluding carboxylic acids is 1. The topological polar surface area (TPSA) is 49.8 Å². The van der Waals surface area contributed by atoms with E-state index in [4.69, 9.17) is 4.74 Å². The first-order valence-electron chi connectivity index (χ1n) is 8.19. The standard InChI is InChI=1S/C20H25NO3/c1-24-20(23)12-19(16-22)15-21(13-17-8-4-2-5-9-17)14-18-10-6-3-7-11-18/h2-11,19,22H,12-16H2,1H3/t19-/m0/s1. The maximum Gasteiger partial charge on any atom is 0.305 e. The normalized spacial score (nSPS) is 12.1. The fraction of sp³-hybridized carbons (Fsp3) is 0.350. The number of hydrogen-bond donors (Lipinski definition) is 1. The van der Waals surface area contributed by atoms with Crippen molar-refractivity contribution in [3.8, 4) is 0 Å². The van der Waals surface area contributed by atoms with Gasteiger partial charge in [0.25, 0.3) is 0 Å². The number of carbonyl (C=O) groups is 1. The Morgan fingerprint density at radius 2 is 1.50 bits per heavy atom. The zero-order chi connectivity index (χ0) is 17.2. The second kappa shape index (κ2) is 9.85. The van der Waals surface area contributed by atoms with Gasteiger partial charge in [-0.05, 0) is 11.1 Å². The quantitative estimate of drug-likeness (QED) is 0.720. The van der Waals surface area contributed by atoms with Crippen molar-refractivity contribution < 1.29 is 14.6 Å². The van der Waals surface area contributed by atoms with Crippen molar-refractivity contribution in [2.75, 3.05) is 20.3 Å². The Kier molecular flexibility index (Phi) is 7.46. The van der Waals surface area contributed by atoms with Crippen LogP contribution in [0.4, 0.5) is 0 Å². The van der Waals surface area contributed by atoms with Gasteiger partial charge in [0.1, 0.15) is 0 Å². The van der Waals surface area contributed by atoms with E-state index >= 15 is 0 Å². The lowest BCUT2D eigenvalue weighted by atomic mass is 10.0. The van der Waals surface area contributed by atoms with Crippen LogP contribution in [0.5, 0.6) is 0 Å². The molecule has 0 aliphatic heterocycles. The molecule has 0 fully saturated rings. The summed E-state index contributed by atoms with van der Waals surface area (Å²) in [6.07, 6.45) is 0.229. The number of nitrogens with zero attached hydrogens (tertiary/aromatic N) is 1. The molecule has 2 aromatic carbocycles. The monoisotopic (exact) mass is 327 g/mol. The van der Waals surface area contributed by atoms with Gasteiger partial charge in [0.2, 0.25) is 0 Å².